The fraction of sp³-hybridized carbons (Fsp3) is 0.500. The van der Waals surface area contributed by atoms with Crippen molar-refractivity contribution in [1.82, 2.24) is 0 Å². The Kier molecular flexibility index (Phi) is 60.3. The molecule has 0 N–H and O–H groups in total. The van der Waals surface area contributed by atoms with Crippen LogP contribution in [0.2, 0.25) is 0 Å². The van der Waals surface area contributed by atoms with Gasteiger partial charge in [0.2, 0.25) is 0 Å². The zero-order valence-electron chi connectivity index (χ0n) is 10.5. The van der Waals surface area contributed by atoms with Crippen molar-refractivity contribution in [3.8, 4) is 0 Å². The van der Waals surface area contributed by atoms with E-state index in [1.165, 1.54) is 0 Å². The maximum absolute atomic E-state index is 8.89. The molecule has 0 saturated carbocycles. The van der Waals surface area contributed by atoms with Gasteiger partial charge in [0, 0.05) is 23.9 Å². The molecule has 0 fully saturated rings. The summed E-state index contributed by atoms with van der Waals surface area (Å²) < 4.78 is 0. The number of carbonyl (C=O) groups excluding carboxylic acids is 4. The molecule has 0 aliphatic heterocycles. The van der Waals surface area contributed by atoms with Crippen molar-refractivity contribution < 1.29 is 66.9 Å². The minimum atomic E-state index is -1.08. The van der Waals surface area contributed by atoms with Crippen LogP contribution in [-0.4, -0.2) is 51.2 Å². The van der Waals surface area contributed by atoms with E-state index in [-0.39, 0.29) is 54.6 Å². The fourth-order valence-corrected chi connectivity index (χ4v) is 0. The number of aliphatic carboxylic acids is 4. The molecule has 0 amide bonds. The van der Waals surface area contributed by atoms with Crippen LogP contribution >= 0.6 is 0 Å². The van der Waals surface area contributed by atoms with Gasteiger partial charge < -0.3 is 39.6 Å². The van der Waals surface area contributed by atoms with Crippen molar-refractivity contribution in [2.75, 3.05) is 0 Å². The van der Waals surface area contributed by atoms with E-state index in [1.54, 1.807) is 0 Å². The maximum Gasteiger partial charge on any atom is 2.00 e. The Morgan fingerprint density at radius 2 is 0.556 bits per heavy atom. The first kappa shape index (κ1) is 36.1. The van der Waals surface area contributed by atoms with Gasteiger partial charge in [-0.2, -0.15) is 0 Å². The summed E-state index contributed by atoms with van der Waals surface area (Å²) >= 11 is 0. The summed E-state index contributed by atoms with van der Waals surface area (Å²) in [7, 11) is 0. The molecule has 10 heteroatoms. The third-order valence-corrected chi connectivity index (χ3v) is 0. The largest absolute Gasteiger partial charge is 2.00 e. The van der Waals surface area contributed by atoms with E-state index in [4.69, 9.17) is 39.6 Å². The second-order valence-electron chi connectivity index (χ2n) is 1.97. The van der Waals surface area contributed by atoms with Gasteiger partial charge in [-0.3, -0.25) is 0 Å². The predicted octanol–water partition coefficient (Wildman–Crippen LogP) is -5.36. The Morgan fingerprint density at radius 3 is 0.556 bits per heavy atom. The van der Waals surface area contributed by atoms with Gasteiger partial charge in [-0.25, -0.2) is 0 Å². The normalized spacial score (nSPS) is 5.56. The maximum atomic E-state index is 8.89. The van der Waals surface area contributed by atoms with E-state index in [2.05, 4.69) is 0 Å². The Labute approximate surface area is 145 Å². The van der Waals surface area contributed by atoms with E-state index >= 15 is 0 Å². The quantitative estimate of drug-likeness (QED) is 0.268. The van der Waals surface area contributed by atoms with E-state index in [0.717, 1.165) is 27.7 Å². The first-order chi connectivity index (χ1) is 6.93. The molecule has 0 aromatic carbocycles. The summed E-state index contributed by atoms with van der Waals surface area (Å²) in [5, 5.41) is 35.6. The van der Waals surface area contributed by atoms with Crippen molar-refractivity contribution in [1.29, 1.82) is 0 Å². The van der Waals surface area contributed by atoms with Gasteiger partial charge in [-0.05, 0) is 27.7 Å². The van der Waals surface area contributed by atoms with E-state index in [9.17, 15) is 0 Å². The van der Waals surface area contributed by atoms with E-state index < -0.39 is 23.9 Å². The zero-order chi connectivity index (χ0) is 14.3. The molecule has 0 aromatic heterocycles. The molecular weight excluding hydrogens is 544 g/mol. The molecule has 0 atom stereocenters. The van der Waals surface area contributed by atoms with Crippen LogP contribution in [0.4, 0.5) is 0 Å². The SMILES string of the molecule is CC(=O)[O-].CC(=O)[O-].CC(=O)[O-].CC(=O)[O-].[Cd+2].[Pb+2]. The standard InChI is InChI=1S/4C2H4O2.Cd.Pb/c4*1-2(3)4;;/h4*1H3,(H,3,4);;/q;;;;2*+2/p-4. The van der Waals surface area contributed by atoms with Crippen LogP contribution < -0.4 is 20.4 Å². The molecule has 0 aromatic rings. The number of hydrogen-bond acceptors (Lipinski definition) is 8. The first-order valence-electron chi connectivity index (χ1n) is 3.63. The molecule has 98 valence electrons. The number of hydrogen-bond donors (Lipinski definition) is 0. The summed E-state index contributed by atoms with van der Waals surface area (Å²) in [4.78, 5) is 35.6. The molecule has 18 heavy (non-hydrogen) atoms. The fourth-order valence-electron chi connectivity index (χ4n) is 0. The topological polar surface area (TPSA) is 161 Å². The summed E-state index contributed by atoms with van der Waals surface area (Å²) in [6.07, 6.45) is 0. The second-order valence-corrected chi connectivity index (χ2v) is 1.97. The van der Waals surface area contributed by atoms with Crippen LogP contribution in [0.15, 0.2) is 0 Å². The molecular formula is C8H12CdO8Pb. The predicted molar refractivity (Wildman–Crippen MR) is 48.5 cm³/mol. The molecule has 0 heterocycles. The van der Waals surface area contributed by atoms with Crippen LogP contribution in [0.3, 0.4) is 0 Å². The first-order valence-corrected chi connectivity index (χ1v) is 3.63. The van der Waals surface area contributed by atoms with Crippen molar-refractivity contribution in [3.63, 3.8) is 0 Å². The Balaban J connectivity index is -0.0000000257. The smallest absolute Gasteiger partial charge is 0.550 e. The number of rotatable bonds is 0. The summed E-state index contributed by atoms with van der Waals surface area (Å²) in [6, 6.07) is 0. The van der Waals surface area contributed by atoms with Crippen molar-refractivity contribution in [2.24, 2.45) is 0 Å². The van der Waals surface area contributed by atoms with Crippen LogP contribution in [0.25, 0.3) is 0 Å². The van der Waals surface area contributed by atoms with Gasteiger partial charge in [0.1, 0.15) is 0 Å². The third-order valence-electron chi connectivity index (χ3n) is 0. The van der Waals surface area contributed by atoms with Gasteiger partial charge in [-0.15, -0.1) is 0 Å². The minimum Gasteiger partial charge on any atom is -0.550 e. The number of carbonyl (C=O) groups is 4. The minimum absolute atomic E-state index is 0. The molecule has 0 unspecified atom stereocenters. The molecule has 0 saturated heterocycles. The molecule has 0 aliphatic carbocycles. The average Bonchev–Trinajstić information content (AvgIpc) is 1.76. The third kappa shape index (κ3) is 44800. The molecule has 2 radical (unpaired) electrons. The van der Waals surface area contributed by atoms with Gasteiger partial charge >= 0.3 is 54.6 Å². The van der Waals surface area contributed by atoms with Crippen LogP contribution in [0.5, 0.6) is 0 Å². The van der Waals surface area contributed by atoms with Gasteiger partial charge in [0.05, 0.1) is 0 Å². The van der Waals surface area contributed by atoms with Crippen molar-refractivity contribution >= 4 is 51.2 Å². The summed E-state index contributed by atoms with van der Waals surface area (Å²) in [6.45, 7) is 3.89. The monoisotopic (exact) mass is 558 g/mol. The summed E-state index contributed by atoms with van der Waals surface area (Å²) in [5.41, 5.74) is 0. The van der Waals surface area contributed by atoms with E-state index in [0.29, 0.717) is 0 Å². The molecule has 8 nitrogen and oxygen atoms in total. The molecule has 0 rings (SSSR count). The Bertz CT molecular complexity index is 167. The summed E-state index contributed by atoms with van der Waals surface area (Å²) in [5.74, 6) is -4.33. The Hall–Kier alpha value is -0.276. The van der Waals surface area contributed by atoms with Gasteiger partial charge in [0.15, 0.2) is 0 Å². The van der Waals surface area contributed by atoms with E-state index in [1.807, 2.05) is 0 Å². The van der Waals surface area contributed by atoms with Crippen LogP contribution in [0, 0.1) is 0 Å². The Morgan fingerprint density at radius 1 is 0.556 bits per heavy atom. The molecule has 0 spiro atoms. The van der Waals surface area contributed by atoms with Gasteiger partial charge in [0.25, 0.3) is 0 Å². The molecule has 0 aliphatic rings. The number of carboxylic acid groups (broad SMARTS) is 4. The van der Waals surface area contributed by atoms with Crippen molar-refractivity contribution in [2.45, 2.75) is 27.7 Å². The molecule has 0 bridgehead atoms. The van der Waals surface area contributed by atoms with Crippen LogP contribution in [0.1, 0.15) is 27.7 Å². The van der Waals surface area contributed by atoms with Crippen LogP contribution in [-0.2, 0) is 46.5 Å². The van der Waals surface area contributed by atoms with Crippen molar-refractivity contribution in [3.05, 3.63) is 0 Å². The van der Waals surface area contributed by atoms with Gasteiger partial charge in [-0.1, -0.05) is 0 Å². The second kappa shape index (κ2) is 30.1. The zero-order valence-corrected chi connectivity index (χ0v) is 18.4. The number of carboxylic acids is 4. The average molecular weight is 556 g/mol.